The van der Waals surface area contributed by atoms with Crippen molar-refractivity contribution < 1.29 is 15.0 Å². The van der Waals surface area contributed by atoms with Gasteiger partial charge in [0.1, 0.15) is 0 Å². The van der Waals surface area contributed by atoms with Crippen LogP contribution in [0.4, 0.5) is 0 Å². The van der Waals surface area contributed by atoms with Crippen molar-refractivity contribution in [3.8, 4) is 0 Å². The van der Waals surface area contributed by atoms with Crippen molar-refractivity contribution in [2.24, 2.45) is 16.7 Å². The van der Waals surface area contributed by atoms with Crippen molar-refractivity contribution in [3.63, 3.8) is 0 Å². The van der Waals surface area contributed by atoms with Crippen molar-refractivity contribution in [2.45, 2.75) is 71.8 Å². The minimum Gasteiger partial charge on any atom is -0.396 e. The van der Waals surface area contributed by atoms with Gasteiger partial charge >= 0.3 is 0 Å². The first-order chi connectivity index (χ1) is 10.6. The Morgan fingerprint density at radius 1 is 1.39 bits per heavy atom. The SMILES string of the molecule is C=CC(C)(O)CCC1=C(C)C(=O)CC2C(C)(CO)CCCC12C. The van der Waals surface area contributed by atoms with Gasteiger partial charge in [0, 0.05) is 13.0 Å². The highest BCUT2D eigenvalue weighted by Crippen LogP contribution is 2.59. The van der Waals surface area contributed by atoms with Gasteiger partial charge in [-0.1, -0.05) is 31.9 Å². The van der Waals surface area contributed by atoms with Crippen LogP contribution in [0.15, 0.2) is 23.8 Å². The molecule has 0 aliphatic heterocycles. The van der Waals surface area contributed by atoms with E-state index < -0.39 is 5.60 Å². The van der Waals surface area contributed by atoms with Crippen LogP contribution in [-0.4, -0.2) is 28.2 Å². The lowest BCUT2D eigenvalue weighted by Crippen LogP contribution is -2.50. The number of carbonyl (C=O) groups excluding carboxylic acids is 1. The molecular weight excluding hydrogens is 288 g/mol. The minimum absolute atomic E-state index is 0.0506. The van der Waals surface area contributed by atoms with Gasteiger partial charge in [0.25, 0.3) is 0 Å². The third-order valence-electron chi connectivity index (χ3n) is 6.69. The molecule has 2 rings (SSSR count). The zero-order valence-electron chi connectivity index (χ0n) is 15.1. The molecule has 0 saturated heterocycles. The molecule has 2 aliphatic carbocycles. The molecular formula is C20H32O3. The summed E-state index contributed by atoms with van der Waals surface area (Å²) in [6, 6.07) is 0. The molecule has 0 spiro atoms. The summed E-state index contributed by atoms with van der Waals surface area (Å²) in [5.41, 5.74) is 0.931. The van der Waals surface area contributed by atoms with E-state index in [1.807, 2.05) is 6.92 Å². The van der Waals surface area contributed by atoms with Crippen molar-refractivity contribution in [3.05, 3.63) is 23.8 Å². The summed E-state index contributed by atoms with van der Waals surface area (Å²) >= 11 is 0. The highest BCUT2D eigenvalue weighted by Gasteiger charge is 2.53. The van der Waals surface area contributed by atoms with E-state index in [1.165, 1.54) is 5.57 Å². The molecule has 0 heterocycles. The molecule has 2 N–H and O–H groups in total. The predicted octanol–water partition coefficient (Wildman–Crippen LogP) is 3.80. The van der Waals surface area contributed by atoms with Crippen molar-refractivity contribution in [2.75, 3.05) is 6.61 Å². The quantitative estimate of drug-likeness (QED) is 0.758. The van der Waals surface area contributed by atoms with E-state index in [1.54, 1.807) is 13.0 Å². The Balaban J connectivity index is 2.40. The Bertz CT molecular complexity index is 531. The van der Waals surface area contributed by atoms with Crippen LogP contribution in [0.3, 0.4) is 0 Å². The number of allylic oxidation sites excluding steroid dienone is 2. The first-order valence-electron chi connectivity index (χ1n) is 8.80. The fourth-order valence-electron chi connectivity index (χ4n) is 4.89. The summed E-state index contributed by atoms with van der Waals surface area (Å²) in [4.78, 5) is 12.6. The van der Waals surface area contributed by atoms with Crippen molar-refractivity contribution in [1.82, 2.24) is 0 Å². The molecule has 23 heavy (non-hydrogen) atoms. The first-order valence-corrected chi connectivity index (χ1v) is 8.80. The number of carbonyl (C=O) groups is 1. The average molecular weight is 320 g/mol. The number of aliphatic hydroxyl groups is 2. The van der Waals surface area contributed by atoms with E-state index in [4.69, 9.17) is 0 Å². The highest BCUT2D eigenvalue weighted by molar-refractivity contribution is 5.97. The standard InChI is InChI=1S/C20H32O3/c1-6-19(4,23)11-8-15-14(2)16(22)12-17-18(3,13-21)9-7-10-20(15,17)5/h6,17,21,23H,1,7-13H2,2-5H3. The molecule has 130 valence electrons. The number of fused-ring (bicyclic) bond motifs is 1. The molecule has 0 aromatic rings. The van der Waals surface area contributed by atoms with Gasteiger partial charge in [-0.25, -0.2) is 0 Å². The molecule has 3 heteroatoms. The largest absolute Gasteiger partial charge is 0.396 e. The van der Waals surface area contributed by atoms with E-state index >= 15 is 0 Å². The summed E-state index contributed by atoms with van der Waals surface area (Å²) in [5.74, 6) is 0.399. The molecule has 4 unspecified atom stereocenters. The fraction of sp³-hybridized carbons (Fsp3) is 0.750. The lowest BCUT2D eigenvalue weighted by molar-refractivity contribution is -0.124. The van der Waals surface area contributed by atoms with E-state index in [-0.39, 0.29) is 29.1 Å². The third-order valence-corrected chi connectivity index (χ3v) is 6.69. The van der Waals surface area contributed by atoms with Crippen molar-refractivity contribution >= 4 is 5.78 Å². The Morgan fingerprint density at radius 2 is 2.04 bits per heavy atom. The summed E-state index contributed by atoms with van der Waals surface area (Å²) in [5, 5.41) is 20.2. The fourth-order valence-corrected chi connectivity index (χ4v) is 4.89. The van der Waals surface area contributed by atoms with Crippen LogP contribution in [-0.2, 0) is 4.79 Å². The lowest BCUT2D eigenvalue weighted by Gasteiger charge is -2.55. The summed E-state index contributed by atoms with van der Waals surface area (Å²) in [6.45, 7) is 11.9. The van der Waals surface area contributed by atoms with Gasteiger partial charge in [0.05, 0.1) is 5.60 Å². The highest BCUT2D eigenvalue weighted by atomic mass is 16.3. The maximum atomic E-state index is 12.6. The molecule has 0 amide bonds. The monoisotopic (exact) mass is 320 g/mol. The lowest BCUT2D eigenvalue weighted by atomic mass is 9.49. The van der Waals surface area contributed by atoms with Gasteiger partial charge in [-0.05, 0) is 61.9 Å². The third kappa shape index (κ3) is 3.18. The smallest absolute Gasteiger partial charge is 0.158 e. The minimum atomic E-state index is -0.908. The molecule has 0 radical (unpaired) electrons. The number of hydrogen-bond donors (Lipinski definition) is 2. The molecule has 1 fully saturated rings. The summed E-state index contributed by atoms with van der Waals surface area (Å²) in [6.07, 6.45) is 6.52. The first kappa shape index (κ1) is 18.4. The molecule has 2 aliphatic rings. The maximum absolute atomic E-state index is 12.6. The van der Waals surface area contributed by atoms with Crippen LogP contribution in [0, 0.1) is 16.7 Å². The number of Topliss-reactive ketones (excluding diaryl/α,β-unsaturated/α-hetero) is 1. The normalized spacial score (nSPS) is 37.3. The summed E-state index contributed by atoms with van der Waals surface area (Å²) < 4.78 is 0. The molecule has 0 aromatic heterocycles. The predicted molar refractivity (Wildman–Crippen MR) is 93.0 cm³/mol. The molecule has 0 aromatic carbocycles. The Hall–Kier alpha value is -0.930. The van der Waals surface area contributed by atoms with Crippen LogP contribution in [0.25, 0.3) is 0 Å². The molecule has 4 atom stereocenters. The Morgan fingerprint density at radius 3 is 2.61 bits per heavy atom. The topological polar surface area (TPSA) is 57.5 Å². The second-order valence-electron chi connectivity index (χ2n) is 8.43. The molecule has 1 saturated carbocycles. The molecule has 3 nitrogen and oxygen atoms in total. The number of rotatable bonds is 5. The number of hydrogen-bond acceptors (Lipinski definition) is 3. The van der Waals surface area contributed by atoms with E-state index in [0.29, 0.717) is 19.3 Å². The van der Waals surface area contributed by atoms with Crippen LogP contribution < -0.4 is 0 Å². The second-order valence-corrected chi connectivity index (χ2v) is 8.43. The van der Waals surface area contributed by atoms with Gasteiger partial charge in [0.15, 0.2) is 5.78 Å². The average Bonchev–Trinajstić information content (AvgIpc) is 2.50. The zero-order valence-corrected chi connectivity index (χ0v) is 15.1. The van der Waals surface area contributed by atoms with Crippen LogP contribution in [0.1, 0.15) is 66.2 Å². The van der Waals surface area contributed by atoms with Crippen LogP contribution in [0.2, 0.25) is 0 Å². The molecule has 0 bridgehead atoms. The van der Waals surface area contributed by atoms with Gasteiger partial charge in [-0.2, -0.15) is 0 Å². The van der Waals surface area contributed by atoms with Gasteiger partial charge in [-0.15, -0.1) is 6.58 Å². The van der Waals surface area contributed by atoms with Gasteiger partial charge < -0.3 is 10.2 Å². The number of ketones is 1. The van der Waals surface area contributed by atoms with Crippen LogP contribution in [0.5, 0.6) is 0 Å². The maximum Gasteiger partial charge on any atom is 0.158 e. The van der Waals surface area contributed by atoms with Gasteiger partial charge in [-0.3, -0.25) is 4.79 Å². The van der Waals surface area contributed by atoms with E-state index in [0.717, 1.165) is 24.8 Å². The zero-order chi connectivity index (χ0) is 17.5. The summed E-state index contributed by atoms with van der Waals surface area (Å²) in [7, 11) is 0. The van der Waals surface area contributed by atoms with E-state index in [2.05, 4.69) is 20.4 Å². The van der Waals surface area contributed by atoms with Crippen molar-refractivity contribution in [1.29, 1.82) is 0 Å². The Labute approximate surface area is 140 Å². The van der Waals surface area contributed by atoms with E-state index in [9.17, 15) is 15.0 Å². The Kier molecular flexibility index (Phi) is 4.94. The van der Waals surface area contributed by atoms with Gasteiger partial charge in [0.2, 0.25) is 0 Å². The number of aliphatic hydroxyl groups excluding tert-OH is 1. The van der Waals surface area contributed by atoms with Crippen LogP contribution >= 0.6 is 0 Å². The second kappa shape index (κ2) is 6.18.